The molecule has 0 atom stereocenters. The first-order valence-corrected chi connectivity index (χ1v) is 5.96. The smallest absolute Gasteiger partial charge is 0.0942 e. The van der Waals surface area contributed by atoms with E-state index in [0.29, 0.717) is 5.02 Å². The van der Waals surface area contributed by atoms with E-state index in [2.05, 4.69) is 15.5 Å². The average molecular weight is 252 g/mol. The molecule has 1 aromatic heterocycles. The second-order valence-corrected chi connectivity index (χ2v) is 4.67. The summed E-state index contributed by atoms with van der Waals surface area (Å²) in [6, 6.07) is 7.36. The summed E-state index contributed by atoms with van der Waals surface area (Å²) in [5.41, 5.74) is 4.67. The van der Waals surface area contributed by atoms with Crippen LogP contribution in [0.25, 0.3) is 0 Å². The Morgan fingerprint density at radius 3 is 2.75 bits per heavy atom. The predicted octanol–water partition coefficient (Wildman–Crippen LogP) is 3.55. The topological polar surface area (TPSA) is 37.3 Å². The predicted molar refractivity (Wildman–Crippen MR) is 69.5 cm³/mol. The number of benzene rings is 1. The van der Waals surface area contributed by atoms with Gasteiger partial charge in [-0.05, 0) is 31.2 Å². The van der Waals surface area contributed by atoms with Gasteiger partial charge >= 0.3 is 0 Å². The zero-order chi connectivity index (χ0) is 11.4. The van der Waals surface area contributed by atoms with Crippen LogP contribution in [-0.2, 0) is 0 Å². The first-order valence-electron chi connectivity index (χ1n) is 4.71. The van der Waals surface area contributed by atoms with E-state index in [1.165, 1.54) is 0 Å². The number of aromatic nitrogens is 1. The number of halogens is 1. The van der Waals surface area contributed by atoms with Gasteiger partial charge in [-0.3, -0.25) is 5.43 Å². The van der Waals surface area contributed by atoms with Gasteiger partial charge in [0.05, 0.1) is 22.6 Å². The molecular formula is C11H10ClN3S. The fourth-order valence-electron chi connectivity index (χ4n) is 1.14. The molecule has 3 nitrogen and oxygen atoms in total. The maximum absolute atomic E-state index is 5.77. The van der Waals surface area contributed by atoms with E-state index < -0.39 is 0 Å². The summed E-state index contributed by atoms with van der Waals surface area (Å²) in [6.07, 6.45) is 1.69. The van der Waals surface area contributed by atoms with Crippen LogP contribution in [0.4, 0.5) is 5.69 Å². The molecule has 5 heteroatoms. The molecule has 2 rings (SSSR count). The summed E-state index contributed by atoms with van der Waals surface area (Å²) in [5.74, 6) is 0. The van der Waals surface area contributed by atoms with E-state index in [1.54, 1.807) is 17.6 Å². The molecule has 0 amide bonds. The fraction of sp³-hybridized carbons (Fsp3) is 0.0909. The Morgan fingerprint density at radius 1 is 1.38 bits per heavy atom. The maximum Gasteiger partial charge on any atom is 0.0942 e. The van der Waals surface area contributed by atoms with Gasteiger partial charge in [0, 0.05) is 10.4 Å². The van der Waals surface area contributed by atoms with Crippen molar-refractivity contribution < 1.29 is 0 Å². The lowest BCUT2D eigenvalue weighted by Crippen LogP contribution is -1.90. The highest BCUT2D eigenvalue weighted by Gasteiger charge is 1.93. The third kappa shape index (κ3) is 3.05. The Bertz CT molecular complexity index is 490. The molecule has 0 saturated heterocycles. The first-order chi connectivity index (χ1) is 7.74. The Morgan fingerprint density at radius 2 is 2.12 bits per heavy atom. The summed E-state index contributed by atoms with van der Waals surface area (Å²) in [7, 11) is 0. The third-order valence-corrected chi connectivity index (χ3v) is 2.92. The summed E-state index contributed by atoms with van der Waals surface area (Å²) >= 11 is 7.37. The van der Waals surface area contributed by atoms with Crippen LogP contribution in [0.5, 0.6) is 0 Å². The number of hydrogen-bond donors (Lipinski definition) is 1. The first kappa shape index (κ1) is 11.1. The Labute approximate surface area is 103 Å². The van der Waals surface area contributed by atoms with Crippen molar-refractivity contribution in [3.8, 4) is 0 Å². The standard InChI is InChI=1S/C11H10ClN3S/c1-8-14-11(7-16-8)6-13-15-10-4-2-9(12)3-5-10/h2-7,15H,1H3/b13-6-. The molecule has 0 aliphatic rings. The molecule has 1 aromatic carbocycles. The quantitative estimate of drug-likeness (QED) is 0.669. The van der Waals surface area contributed by atoms with Gasteiger partial charge in [0.2, 0.25) is 0 Å². The number of rotatable bonds is 3. The van der Waals surface area contributed by atoms with Crippen molar-refractivity contribution in [2.24, 2.45) is 5.10 Å². The van der Waals surface area contributed by atoms with E-state index in [9.17, 15) is 0 Å². The van der Waals surface area contributed by atoms with Crippen LogP contribution in [0.1, 0.15) is 10.7 Å². The van der Waals surface area contributed by atoms with Gasteiger partial charge in [-0.2, -0.15) is 5.10 Å². The molecule has 16 heavy (non-hydrogen) atoms. The maximum atomic E-state index is 5.77. The van der Waals surface area contributed by atoms with E-state index in [0.717, 1.165) is 16.4 Å². The van der Waals surface area contributed by atoms with E-state index in [-0.39, 0.29) is 0 Å². The van der Waals surface area contributed by atoms with Crippen LogP contribution < -0.4 is 5.43 Å². The second kappa shape index (κ2) is 5.09. The Balaban J connectivity index is 1.97. The molecular weight excluding hydrogens is 242 g/mol. The monoisotopic (exact) mass is 251 g/mol. The Kier molecular flexibility index (Phi) is 3.54. The molecule has 0 aliphatic carbocycles. The summed E-state index contributed by atoms with van der Waals surface area (Å²) in [4.78, 5) is 4.26. The number of anilines is 1. The van der Waals surface area contributed by atoms with Crippen molar-refractivity contribution in [2.45, 2.75) is 6.92 Å². The lowest BCUT2D eigenvalue weighted by molar-refractivity contribution is 1.27. The normalized spacial score (nSPS) is 10.9. The third-order valence-electron chi connectivity index (χ3n) is 1.87. The number of aryl methyl sites for hydroxylation is 1. The van der Waals surface area contributed by atoms with Crippen molar-refractivity contribution in [1.29, 1.82) is 0 Å². The minimum Gasteiger partial charge on any atom is -0.278 e. The zero-order valence-electron chi connectivity index (χ0n) is 8.64. The van der Waals surface area contributed by atoms with E-state index >= 15 is 0 Å². The molecule has 0 saturated carbocycles. The van der Waals surface area contributed by atoms with Gasteiger partial charge in [-0.15, -0.1) is 11.3 Å². The number of thiazole rings is 1. The van der Waals surface area contributed by atoms with Crippen LogP contribution in [0.15, 0.2) is 34.7 Å². The minimum atomic E-state index is 0.713. The van der Waals surface area contributed by atoms with Crippen LogP contribution >= 0.6 is 22.9 Å². The summed E-state index contributed by atoms with van der Waals surface area (Å²) in [5, 5.41) is 7.79. The molecule has 82 valence electrons. The van der Waals surface area contributed by atoms with Crippen molar-refractivity contribution in [1.82, 2.24) is 4.98 Å². The van der Waals surface area contributed by atoms with Crippen LogP contribution in [0.2, 0.25) is 5.02 Å². The molecule has 0 radical (unpaired) electrons. The van der Waals surface area contributed by atoms with E-state index in [4.69, 9.17) is 11.6 Å². The number of hydrogen-bond acceptors (Lipinski definition) is 4. The largest absolute Gasteiger partial charge is 0.278 e. The highest BCUT2D eigenvalue weighted by atomic mass is 35.5. The molecule has 2 aromatic rings. The SMILES string of the molecule is Cc1nc(/C=N\Nc2ccc(Cl)cc2)cs1. The second-order valence-electron chi connectivity index (χ2n) is 3.17. The molecule has 0 fully saturated rings. The van der Waals surface area contributed by atoms with Gasteiger partial charge in [0.25, 0.3) is 0 Å². The van der Waals surface area contributed by atoms with Gasteiger partial charge in [-0.1, -0.05) is 11.6 Å². The zero-order valence-corrected chi connectivity index (χ0v) is 10.2. The van der Waals surface area contributed by atoms with Crippen molar-refractivity contribution >= 4 is 34.8 Å². The van der Waals surface area contributed by atoms with Crippen molar-refractivity contribution in [3.63, 3.8) is 0 Å². The van der Waals surface area contributed by atoms with Crippen molar-refractivity contribution in [2.75, 3.05) is 5.43 Å². The Hall–Kier alpha value is -1.39. The fourth-order valence-corrected chi connectivity index (χ4v) is 1.83. The van der Waals surface area contributed by atoms with Gasteiger partial charge < -0.3 is 0 Å². The average Bonchev–Trinajstić information content (AvgIpc) is 2.67. The van der Waals surface area contributed by atoms with Crippen LogP contribution in [0.3, 0.4) is 0 Å². The number of nitrogens with zero attached hydrogens (tertiary/aromatic N) is 2. The van der Waals surface area contributed by atoms with E-state index in [1.807, 2.05) is 36.6 Å². The number of nitrogens with one attached hydrogen (secondary N) is 1. The molecule has 0 aliphatic heterocycles. The van der Waals surface area contributed by atoms with Gasteiger partial charge in [0.15, 0.2) is 0 Å². The van der Waals surface area contributed by atoms with Gasteiger partial charge in [0.1, 0.15) is 0 Å². The molecule has 0 unspecified atom stereocenters. The molecule has 1 heterocycles. The molecule has 0 spiro atoms. The lowest BCUT2D eigenvalue weighted by atomic mass is 10.3. The summed E-state index contributed by atoms with van der Waals surface area (Å²) < 4.78 is 0. The van der Waals surface area contributed by atoms with Crippen LogP contribution in [0, 0.1) is 6.92 Å². The minimum absolute atomic E-state index is 0.713. The van der Waals surface area contributed by atoms with Crippen molar-refractivity contribution in [3.05, 3.63) is 45.4 Å². The van der Waals surface area contributed by atoms with Gasteiger partial charge in [-0.25, -0.2) is 4.98 Å². The molecule has 0 bridgehead atoms. The van der Waals surface area contributed by atoms with Crippen LogP contribution in [-0.4, -0.2) is 11.2 Å². The lowest BCUT2D eigenvalue weighted by Gasteiger charge is -1.98. The highest BCUT2D eigenvalue weighted by molar-refractivity contribution is 7.09. The summed E-state index contributed by atoms with van der Waals surface area (Å²) in [6.45, 7) is 1.97. The number of hydrazone groups is 1. The highest BCUT2D eigenvalue weighted by Crippen LogP contribution is 2.13. The molecule has 1 N–H and O–H groups in total.